The van der Waals surface area contributed by atoms with Gasteiger partial charge in [0.2, 0.25) is 5.91 Å². The highest BCUT2D eigenvalue weighted by atomic mass is 16.2. The Labute approximate surface area is 115 Å². The molecule has 1 amide bonds. The lowest BCUT2D eigenvalue weighted by Gasteiger charge is -2.28. The molecule has 0 spiro atoms. The highest BCUT2D eigenvalue weighted by Crippen LogP contribution is 2.27. The molecule has 4 heteroatoms. The van der Waals surface area contributed by atoms with Gasteiger partial charge in [-0.1, -0.05) is 19.9 Å². The van der Waals surface area contributed by atoms with Crippen molar-refractivity contribution in [2.45, 2.75) is 33.1 Å². The summed E-state index contributed by atoms with van der Waals surface area (Å²) in [5.74, 6) is -0.0871. The van der Waals surface area contributed by atoms with Crippen LogP contribution in [0.15, 0.2) is 24.4 Å². The Morgan fingerprint density at radius 3 is 2.58 bits per heavy atom. The summed E-state index contributed by atoms with van der Waals surface area (Å²) < 4.78 is 0. The van der Waals surface area contributed by atoms with Crippen molar-refractivity contribution in [3.8, 4) is 6.07 Å². The molecule has 0 bridgehead atoms. The van der Waals surface area contributed by atoms with E-state index in [9.17, 15) is 10.1 Å². The zero-order valence-electron chi connectivity index (χ0n) is 11.9. The fourth-order valence-corrected chi connectivity index (χ4v) is 2.05. The van der Waals surface area contributed by atoms with Crippen molar-refractivity contribution in [2.24, 2.45) is 5.41 Å². The van der Waals surface area contributed by atoms with Gasteiger partial charge >= 0.3 is 0 Å². The van der Waals surface area contributed by atoms with Gasteiger partial charge in [-0.25, -0.2) is 0 Å². The Morgan fingerprint density at radius 1 is 1.42 bits per heavy atom. The highest BCUT2D eigenvalue weighted by molar-refractivity contribution is 5.85. The number of aromatic nitrogens is 1. The number of amides is 1. The van der Waals surface area contributed by atoms with E-state index in [-0.39, 0.29) is 5.91 Å². The molecule has 0 unspecified atom stereocenters. The molecule has 19 heavy (non-hydrogen) atoms. The molecule has 4 nitrogen and oxygen atoms in total. The summed E-state index contributed by atoms with van der Waals surface area (Å²) in [5.41, 5.74) is 0.0801. The standard InChI is InChI=1S/C15H21N3O/c1-4-15(5-2,12-16)14(19)18(3)11-9-13-8-6-7-10-17-13/h6-8,10H,4-5,9,11H2,1-3H3. The monoisotopic (exact) mass is 259 g/mol. The number of likely N-dealkylation sites (N-methyl/N-ethyl adjacent to an activating group) is 1. The normalized spacial score (nSPS) is 10.8. The van der Waals surface area contributed by atoms with Crippen LogP contribution in [-0.2, 0) is 11.2 Å². The first kappa shape index (κ1) is 15.2. The van der Waals surface area contributed by atoms with Gasteiger partial charge in [0, 0.05) is 31.9 Å². The maximum Gasteiger partial charge on any atom is 0.242 e. The van der Waals surface area contributed by atoms with E-state index < -0.39 is 5.41 Å². The molecule has 0 radical (unpaired) electrons. The van der Waals surface area contributed by atoms with Crippen molar-refractivity contribution in [1.29, 1.82) is 5.26 Å². The van der Waals surface area contributed by atoms with Gasteiger partial charge in [-0.15, -0.1) is 0 Å². The fourth-order valence-electron chi connectivity index (χ4n) is 2.05. The first-order valence-corrected chi connectivity index (χ1v) is 6.66. The average Bonchev–Trinajstić information content (AvgIpc) is 2.48. The number of hydrogen-bond acceptors (Lipinski definition) is 3. The van der Waals surface area contributed by atoms with Gasteiger partial charge < -0.3 is 4.90 Å². The molecule has 1 rings (SSSR count). The van der Waals surface area contributed by atoms with Crippen LogP contribution >= 0.6 is 0 Å². The number of pyridine rings is 1. The van der Waals surface area contributed by atoms with Crippen molar-refractivity contribution in [1.82, 2.24) is 9.88 Å². The van der Waals surface area contributed by atoms with Gasteiger partial charge in [0.1, 0.15) is 5.41 Å². The van der Waals surface area contributed by atoms with E-state index in [1.807, 2.05) is 32.0 Å². The quantitative estimate of drug-likeness (QED) is 0.788. The van der Waals surface area contributed by atoms with Crippen LogP contribution in [0.4, 0.5) is 0 Å². The van der Waals surface area contributed by atoms with Gasteiger partial charge in [-0.2, -0.15) is 5.26 Å². The predicted octanol–water partition coefficient (Wildman–Crippen LogP) is 2.41. The molecule has 0 aliphatic carbocycles. The average molecular weight is 259 g/mol. The molecule has 0 fully saturated rings. The van der Waals surface area contributed by atoms with Crippen LogP contribution in [0.5, 0.6) is 0 Å². The van der Waals surface area contributed by atoms with Crippen molar-refractivity contribution in [2.75, 3.05) is 13.6 Å². The number of nitriles is 1. The van der Waals surface area contributed by atoms with E-state index in [1.54, 1.807) is 18.1 Å². The van der Waals surface area contributed by atoms with E-state index >= 15 is 0 Å². The van der Waals surface area contributed by atoms with Gasteiger partial charge in [0.05, 0.1) is 6.07 Å². The summed E-state index contributed by atoms with van der Waals surface area (Å²) >= 11 is 0. The number of hydrogen-bond donors (Lipinski definition) is 0. The second-order valence-corrected chi connectivity index (χ2v) is 4.70. The van der Waals surface area contributed by atoms with Crippen LogP contribution in [0.1, 0.15) is 32.4 Å². The summed E-state index contributed by atoms with van der Waals surface area (Å²) in [6.45, 7) is 4.35. The zero-order chi connectivity index (χ0) is 14.3. The fraction of sp³-hybridized carbons (Fsp3) is 0.533. The third kappa shape index (κ3) is 3.54. The molecule has 0 saturated heterocycles. The van der Waals surface area contributed by atoms with Crippen LogP contribution in [0, 0.1) is 16.7 Å². The Hall–Kier alpha value is -1.89. The number of carbonyl (C=O) groups excluding carboxylic acids is 1. The third-order valence-electron chi connectivity index (χ3n) is 3.61. The first-order chi connectivity index (χ1) is 9.09. The minimum absolute atomic E-state index is 0.0871. The summed E-state index contributed by atoms with van der Waals surface area (Å²) in [7, 11) is 1.75. The highest BCUT2D eigenvalue weighted by Gasteiger charge is 2.37. The van der Waals surface area contributed by atoms with Crippen LogP contribution in [-0.4, -0.2) is 29.4 Å². The summed E-state index contributed by atoms with van der Waals surface area (Å²) in [5, 5.41) is 9.27. The number of rotatable bonds is 6. The van der Waals surface area contributed by atoms with Crippen LogP contribution in [0.2, 0.25) is 0 Å². The van der Waals surface area contributed by atoms with E-state index in [4.69, 9.17) is 0 Å². The largest absolute Gasteiger partial charge is 0.344 e. The zero-order valence-corrected chi connectivity index (χ0v) is 11.9. The SMILES string of the molecule is CCC(C#N)(CC)C(=O)N(C)CCc1ccccn1. The van der Waals surface area contributed by atoms with Crippen LogP contribution in [0.25, 0.3) is 0 Å². The van der Waals surface area contributed by atoms with Crippen LogP contribution < -0.4 is 0 Å². The van der Waals surface area contributed by atoms with Gasteiger partial charge in [-0.3, -0.25) is 9.78 Å². The smallest absolute Gasteiger partial charge is 0.242 e. The number of carbonyl (C=O) groups is 1. The van der Waals surface area contributed by atoms with Gasteiger partial charge in [-0.05, 0) is 25.0 Å². The molecule has 0 N–H and O–H groups in total. The molecule has 0 atom stereocenters. The molecular formula is C15H21N3O. The van der Waals surface area contributed by atoms with Gasteiger partial charge in [0.25, 0.3) is 0 Å². The summed E-state index contributed by atoms with van der Waals surface area (Å²) in [6, 6.07) is 7.93. The predicted molar refractivity (Wildman–Crippen MR) is 74.2 cm³/mol. The Balaban J connectivity index is 2.65. The lowest BCUT2D eigenvalue weighted by Crippen LogP contribution is -2.41. The van der Waals surface area contributed by atoms with Gasteiger partial charge in [0.15, 0.2) is 0 Å². The second kappa shape index (κ2) is 6.89. The van der Waals surface area contributed by atoms with Crippen molar-refractivity contribution in [3.05, 3.63) is 30.1 Å². The van der Waals surface area contributed by atoms with E-state index in [0.29, 0.717) is 25.8 Å². The molecule has 0 aliphatic rings. The van der Waals surface area contributed by atoms with Crippen molar-refractivity contribution >= 4 is 5.91 Å². The summed E-state index contributed by atoms with van der Waals surface area (Å²) in [6.07, 6.45) is 3.55. The molecule has 1 aromatic heterocycles. The molecule has 0 saturated carbocycles. The lowest BCUT2D eigenvalue weighted by molar-refractivity contribution is -0.138. The maximum absolute atomic E-state index is 12.4. The Bertz CT molecular complexity index is 446. The molecule has 102 valence electrons. The number of nitrogens with zero attached hydrogens (tertiary/aromatic N) is 3. The minimum Gasteiger partial charge on any atom is -0.344 e. The molecule has 1 heterocycles. The Kier molecular flexibility index (Phi) is 5.50. The maximum atomic E-state index is 12.4. The van der Waals surface area contributed by atoms with Crippen LogP contribution in [0.3, 0.4) is 0 Å². The Morgan fingerprint density at radius 2 is 2.11 bits per heavy atom. The molecule has 0 aromatic carbocycles. The topological polar surface area (TPSA) is 57.0 Å². The van der Waals surface area contributed by atoms with Crippen molar-refractivity contribution in [3.63, 3.8) is 0 Å². The van der Waals surface area contributed by atoms with E-state index in [0.717, 1.165) is 5.69 Å². The summed E-state index contributed by atoms with van der Waals surface area (Å²) in [4.78, 5) is 18.2. The molecule has 1 aromatic rings. The van der Waals surface area contributed by atoms with E-state index in [1.165, 1.54) is 0 Å². The molecular weight excluding hydrogens is 238 g/mol. The first-order valence-electron chi connectivity index (χ1n) is 6.66. The second-order valence-electron chi connectivity index (χ2n) is 4.70. The van der Waals surface area contributed by atoms with Crippen molar-refractivity contribution < 1.29 is 4.79 Å². The third-order valence-corrected chi connectivity index (χ3v) is 3.61. The lowest BCUT2D eigenvalue weighted by atomic mass is 9.82. The van der Waals surface area contributed by atoms with E-state index in [2.05, 4.69) is 11.1 Å². The molecule has 0 aliphatic heterocycles. The minimum atomic E-state index is -0.876.